The molecule has 0 aliphatic carbocycles. The molecule has 2 nitrogen and oxygen atoms in total. The Labute approximate surface area is 118 Å². The molecular weight excluding hydrogens is 345 g/mol. The van der Waals surface area contributed by atoms with Crippen LogP contribution in [0.5, 0.6) is 0 Å². The molecule has 1 amide bonds. The van der Waals surface area contributed by atoms with Crippen molar-refractivity contribution in [2.24, 2.45) is 0 Å². The standard InChI is InChI=1S/C13H12INOS/c14-12-8-11(9-17-12)13(16)15-7-6-10-4-2-1-3-5-10/h1-5,8-9H,6-7H2,(H,15,16). The lowest BCUT2D eigenvalue weighted by molar-refractivity contribution is 0.0954. The second kappa shape index (κ2) is 6.16. The van der Waals surface area contributed by atoms with Gasteiger partial charge < -0.3 is 5.32 Å². The monoisotopic (exact) mass is 357 g/mol. The maximum Gasteiger partial charge on any atom is 0.252 e. The van der Waals surface area contributed by atoms with Gasteiger partial charge in [-0.1, -0.05) is 30.3 Å². The van der Waals surface area contributed by atoms with Crippen LogP contribution in [0.15, 0.2) is 41.8 Å². The smallest absolute Gasteiger partial charge is 0.252 e. The lowest BCUT2D eigenvalue weighted by atomic mass is 10.1. The first-order chi connectivity index (χ1) is 8.25. The number of nitrogens with one attached hydrogen (secondary N) is 1. The topological polar surface area (TPSA) is 29.1 Å². The van der Waals surface area contributed by atoms with Crippen molar-refractivity contribution in [3.63, 3.8) is 0 Å². The van der Waals surface area contributed by atoms with Crippen LogP contribution in [0.4, 0.5) is 0 Å². The number of amides is 1. The van der Waals surface area contributed by atoms with Crippen LogP contribution < -0.4 is 5.32 Å². The van der Waals surface area contributed by atoms with Gasteiger partial charge in [0.2, 0.25) is 0 Å². The van der Waals surface area contributed by atoms with Gasteiger partial charge in [0.05, 0.1) is 8.45 Å². The van der Waals surface area contributed by atoms with E-state index in [-0.39, 0.29) is 5.91 Å². The van der Waals surface area contributed by atoms with Crippen molar-refractivity contribution >= 4 is 39.8 Å². The predicted octanol–water partition coefficient (Wildman–Crippen LogP) is 3.33. The minimum Gasteiger partial charge on any atom is -0.352 e. The second-order valence-electron chi connectivity index (χ2n) is 3.63. The SMILES string of the molecule is O=C(NCCc1ccccc1)c1csc(I)c1. The minimum atomic E-state index is 0.0140. The van der Waals surface area contributed by atoms with E-state index in [9.17, 15) is 4.79 Å². The van der Waals surface area contributed by atoms with Crippen molar-refractivity contribution in [2.45, 2.75) is 6.42 Å². The second-order valence-corrected chi connectivity index (χ2v) is 6.44. The third-order valence-electron chi connectivity index (χ3n) is 2.37. The quantitative estimate of drug-likeness (QED) is 0.836. The van der Waals surface area contributed by atoms with Gasteiger partial charge in [-0.2, -0.15) is 0 Å². The Morgan fingerprint density at radius 1 is 1.29 bits per heavy atom. The van der Waals surface area contributed by atoms with Crippen LogP contribution in [0, 0.1) is 2.88 Å². The molecule has 0 fully saturated rings. The zero-order valence-corrected chi connectivity index (χ0v) is 12.1. The van der Waals surface area contributed by atoms with Gasteiger partial charge in [-0.05, 0) is 40.6 Å². The fourth-order valence-electron chi connectivity index (χ4n) is 1.50. The lowest BCUT2D eigenvalue weighted by Crippen LogP contribution is -2.25. The molecule has 0 saturated carbocycles. The number of hydrogen-bond acceptors (Lipinski definition) is 2. The van der Waals surface area contributed by atoms with Crippen molar-refractivity contribution in [1.82, 2.24) is 5.32 Å². The lowest BCUT2D eigenvalue weighted by Gasteiger charge is -2.03. The summed E-state index contributed by atoms with van der Waals surface area (Å²) in [7, 11) is 0. The number of halogens is 1. The number of rotatable bonds is 4. The van der Waals surface area contributed by atoms with Gasteiger partial charge >= 0.3 is 0 Å². The zero-order chi connectivity index (χ0) is 12.1. The van der Waals surface area contributed by atoms with Crippen LogP contribution in [0.3, 0.4) is 0 Å². The Morgan fingerprint density at radius 2 is 2.06 bits per heavy atom. The van der Waals surface area contributed by atoms with Gasteiger partial charge in [0.1, 0.15) is 0 Å². The van der Waals surface area contributed by atoms with E-state index in [4.69, 9.17) is 0 Å². The van der Waals surface area contributed by atoms with Gasteiger partial charge in [-0.3, -0.25) is 4.79 Å². The average Bonchev–Trinajstić information content (AvgIpc) is 2.77. The van der Waals surface area contributed by atoms with Crippen molar-refractivity contribution in [3.8, 4) is 0 Å². The summed E-state index contributed by atoms with van der Waals surface area (Å²) in [5, 5.41) is 4.81. The Bertz CT molecular complexity index is 495. The first-order valence-electron chi connectivity index (χ1n) is 5.32. The van der Waals surface area contributed by atoms with E-state index >= 15 is 0 Å². The highest BCUT2D eigenvalue weighted by Crippen LogP contribution is 2.16. The third kappa shape index (κ3) is 3.81. The van der Waals surface area contributed by atoms with E-state index in [0.717, 1.165) is 14.9 Å². The maximum absolute atomic E-state index is 11.7. The molecule has 2 rings (SSSR count). The molecule has 0 unspecified atom stereocenters. The number of benzene rings is 1. The summed E-state index contributed by atoms with van der Waals surface area (Å²) in [5.74, 6) is 0.0140. The summed E-state index contributed by atoms with van der Waals surface area (Å²) in [6, 6.07) is 12.1. The Morgan fingerprint density at radius 3 is 2.71 bits per heavy atom. The van der Waals surface area contributed by atoms with Crippen LogP contribution in [-0.4, -0.2) is 12.5 Å². The molecule has 1 aromatic heterocycles. The van der Waals surface area contributed by atoms with Gasteiger partial charge in [-0.15, -0.1) is 11.3 Å². The summed E-state index contributed by atoms with van der Waals surface area (Å²) in [5.41, 5.74) is 2.00. The molecule has 88 valence electrons. The number of hydrogen-bond donors (Lipinski definition) is 1. The van der Waals surface area contributed by atoms with Crippen LogP contribution in [0.2, 0.25) is 0 Å². The van der Waals surface area contributed by atoms with E-state index in [1.165, 1.54) is 5.56 Å². The van der Waals surface area contributed by atoms with Crippen LogP contribution in [0.1, 0.15) is 15.9 Å². The molecule has 0 radical (unpaired) electrons. The van der Waals surface area contributed by atoms with Crippen molar-refractivity contribution in [2.75, 3.05) is 6.54 Å². The fraction of sp³-hybridized carbons (Fsp3) is 0.154. The van der Waals surface area contributed by atoms with E-state index in [1.807, 2.05) is 29.6 Å². The Hall–Kier alpha value is -0.880. The van der Waals surface area contributed by atoms with E-state index < -0.39 is 0 Å². The van der Waals surface area contributed by atoms with E-state index in [2.05, 4.69) is 40.0 Å². The molecule has 0 spiro atoms. The molecule has 1 aromatic carbocycles. The average molecular weight is 357 g/mol. The van der Waals surface area contributed by atoms with E-state index in [1.54, 1.807) is 11.3 Å². The molecule has 0 saturated heterocycles. The normalized spacial score (nSPS) is 10.2. The molecule has 0 aliphatic heterocycles. The zero-order valence-electron chi connectivity index (χ0n) is 9.15. The fourth-order valence-corrected chi connectivity index (χ4v) is 2.82. The first kappa shape index (κ1) is 12.6. The summed E-state index contributed by atoms with van der Waals surface area (Å²) < 4.78 is 1.14. The molecule has 17 heavy (non-hydrogen) atoms. The molecule has 2 aromatic rings. The summed E-state index contributed by atoms with van der Waals surface area (Å²) in [6.45, 7) is 0.676. The largest absolute Gasteiger partial charge is 0.352 e. The van der Waals surface area contributed by atoms with E-state index in [0.29, 0.717) is 6.54 Å². The first-order valence-corrected chi connectivity index (χ1v) is 7.28. The van der Waals surface area contributed by atoms with Crippen LogP contribution in [-0.2, 0) is 6.42 Å². The van der Waals surface area contributed by atoms with Crippen molar-refractivity contribution < 1.29 is 4.79 Å². The van der Waals surface area contributed by atoms with Crippen LogP contribution in [0.25, 0.3) is 0 Å². The third-order valence-corrected chi connectivity index (χ3v) is 4.16. The molecule has 4 heteroatoms. The summed E-state index contributed by atoms with van der Waals surface area (Å²) in [6.07, 6.45) is 0.869. The van der Waals surface area contributed by atoms with Gasteiger partial charge in [0, 0.05) is 11.9 Å². The maximum atomic E-state index is 11.7. The van der Waals surface area contributed by atoms with Crippen molar-refractivity contribution in [1.29, 1.82) is 0 Å². The molecule has 1 N–H and O–H groups in total. The number of carbonyl (C=O) groups excluding carboxylic acids is 1. The predicted molar refractivity (Wildman–Crippen MR) is 79.5 cm³/mol. The minimum absolute atomic E-state index is 0.0140. The van der Waals surface area contributed by atoms with Gasteiger partial charge in [-0.25, -0.2) is 0 Å². The summed E-state index contributed by atoms with van der Waals surface area (Å²) >= 11 is 3.81. The molecule has 0 bridgehead atoms. The van der Waals surface area contributed by atoms with Crippen LogP contribution >= 0.6 is 33.9 Å². The Balaban J connectivity index is 1.81. The highest BCUT2D eigenvalue weighted by Gasteiger charge is 2.06. The van der Waals surface area contributed by atoms with Gasteiger partial charge in [0.25, 0.3) is 5.91 Å². The molecular formula is C13H12INOS. The Kier molecular flexibility index (Phi) is 4.56. The molecule has 0 aliphatic rings. The highest BCUT2D eigenvalue weighted by molar-refractivity contribution is 14.1. The molecule has 0 atom stereocenters. The number of thiophene rings is 1. The highest BCUT2D eigenvalue weighted by atomic mass is 127. The number of carbonyl (C=O) groups is 1. The van der Waals surface area contributed by atoms with Gasteiger partial charge in [0.15, 0.2) is 0 Å². The summed E-state index contributed by atoms with van der Waals surface area (Å²) in [4.78, 5) is 11.7. The molecule has 1 heterocycles. The van der Waals surface area contributed by atoms with Crippen molar-refractivity contribution in [3.05, 3.63) is 55.8 Å².